The van der Waals surface area contributed by atoms with Crippen LogP contribution < -0.4 is 4.90 Å². The van der Waals surface area contributed by atoms with Gasteiger partial charge < -0.3 is 9.80 Å². The smallest absolute Gasteiger partial charge is 0.253 e. The van der Waals surface area contributed by atoms with Crippen LogP contribution in [-0.2, 0) is 0 Å². The van der Waals surface area contributed by atoms with Gasteiger partial charge in [0, 0.05) is 49.1 Å². The maximum atomic E-state index is 12.6. The fourth-order valence-corrected chi connectivity index (χ4v) is 3.46. The highest BCUT2D eigenvalue weighted by molar-refractivity contribution is 5.94. The molecule has 1 aliphatic heterocycles. The van der Waals surface area contributed by atoms with Crippen LogP contribution in [0.1, 0.15) is 27.3 Å². The van der Waals surface area contributed by atoms with Crippen molar-refractivity contribution in [2.24, 2.45) is 0 Å². The number of hydrogen-bond acceptors (Lipinski definition) is 4. The van der Waals surface area contributed by atoms with Crippen molar-refractivity contribution in [2.45, 2.75) is 20.8 Å². The predicted molar refractivity (Wildman–Crippen MR) is 102 cm³/mol. The van der Waals surface area contributed by atoms with Crippen molar-refractivity contribution < 1.29 is 4.79 Å². The highest BCUT2D eigenvalue weighted by Gasteiger charge is 2.24. The van der Waals surface area contributed by atoms with Gasteiger partial charge in [-0.05, 0) is 32.9 Å². The third kappa shape index (κ3) is 2.81. The van der Waals surface area contributed by atoms with Gasteiger partial charge in [0.2, 0.25) is 0 Å². The van der Waals surface area contributed by atoms with E-state index in [-0.39, 0.29) is 5.91 Å². The monoisotopic (exact) mass is 349 g/mol. The van der Waals surface area contributed by atoms with Gasteiger partial charge in [0.05, 0.1) is 5.69 Å². The van der Waals surface area contributed by atoms with Gasteiger partial charge in [0.15, 0.2) is 5.65 Å². The zero-order valence-corrected chi connectivity index (χ0v) is 15.4. The number of hydrogen-bond donors (Lipinski definition) is 0. The summed E-state index contributed by atoms with van der Waals surface area (Å²) in [6, 6.07) is 11.6. The molecule has 6 nitrogen and oxygen atoms in total. The van der Waals surface area contributed by atoms with E-state index in [2.05, 4.69) is 28.0 Å². The van der Waals surface area contributed by atoms with Crippen LogP contribution in [0.3, 0.4) is 0 Å². The SMILES string of the molecule is Cc1cc(N2CCN(C(=O)c3ccccc3)CC2)n2nc(C)c(C)c2n1. The average Bonchev–Trinajstić information content (AvgIpc) is 2.96. The van der Waals surface area contributed by atoms with Crippen LogP contribution in [0.25, 0.3) is 5.65 Å². The van der Waals surface area contributed by atoms with Gasteiger partial charge in [-0.1, -0.05) is 18.2 Å². The van der Waals surface area contributed by atoms with Gasteiger partial charge in [-0.15, -0.1) is 0 Å². The number of carbonyl (C=O) groups excluding carboxylic acids is 1. The first kappa shape index (κ1) is 16.6. The molecule has 1 amide bonds. The number of rotatable bonds is 2. The second-order valence-corrected chi connectivity index (χ2v) is 6.85. The molecular formula is C20H23N5O. The van der Waals surface area contributed by atoms with Crippen molar-refractivity contribution in [1.82, 2.24) is 19.5 Å². The average molecular weight is 349 g/mol. The maximum Gasteiger partial charge on any atom is 0.253 e. The summed E-state index contributed by atoms with van der Waals surface area (Å²) in [7, 11) is 0. The Morgan fingerprint density at radius 2 is 1.69 bits per heavy atom. The highest BCUT2D eigenvalue weighted by atomic mass is 16.2. The minimum atomic E-state index is 0.104. The van der Waals surface area contributed by atoms with E-state index in [4.69, 9.17) is 0 Å². The summed E-state index contributed by atoms with van der Waals surface area (Å²) in [4.78, 5) is 21.5. The Morgan fingerprint density at radius 1 is 1.00 bits per heavy atom. The van der Waals surface area contributed by atoms with Gasteiger partial charge in [0.1, 0.15) is 5.82 Å². The minimum Gasteiger partial charge on any atom is -0.353 e. The minimum absolute atomic E-state index is 0.104. The van der Waals surface area contributed by atoms with Crippen LogP contribution in [0.5, 0.6) is 0 Å². The van der Waals surface area contributed by atoms with Crippen LogP contribution >= 0.6 is 0 Å². The number of aryl methyl sites for hydroxylation is 3. The molecule has 0 saturated carbocycles. The molecule has 0 bridgehead atoms. The summed E-state index contributed by atoms with van der Waals surface area (Å²) in [6.45, 7) is 9.07. The Bertz CT molecular complexity index is 955. The summed E-state index contributed by atoms with van der Waals surface area (Å²) in [5, 5.41) is 4.66. The zero-order chi connectivity index (χ0) is 18.3. The standard InChI is InChI=1S/C20H23N5O/c1-14-13-18(25-19(21-14)15(2)16(3)22-25)23-9-11-24(12-10-23)20(26)17-7-5-4-6-8-17/h4-8,13H,9-12H2,1-3H3. The zero-order valence-electron chi connectivity index (χ0n) is 15.4. The lowest BCUT2D eigenvalue weighted by Gasteiger charge is -2.36. The molecule has 2 aromatic heterocycles. The highest BCUT2D eigenvalue weighted by Crippen LogP contribution is 2.22. The second kappa shape index (κ2) is 6.44. The lowest BCUT2D eigenvalue weighted by atomic mass is 10.2. The van der Waals surface area contributed by atoms with Gasteiger partial charge in [-0.25, -0.2) is 4.98 Å². The number of carbonyl (C=O) groups is 1. The first-order valence-corrected chi connectivity index (χ1v) is 8.97. The third-order valence-corrected chi connectivity index (χ3v) is 5.08. The first-order valence-electron chi connectivity index (χ1n) is 8.97. The Hall–Kier alpha value is -2.89. The number of fused-ring (bicyclic) bond motifs is 1. The normalized spacial score (nSPS) is 14.9. The molecule has 1 aliphatic rings. The molecule has 6 heteroatoms. The van der Waals surface area contributed by atoms with Crippen molar-refractivity contribution in [3.05, 3.63) is 58.9 Å². The van der Waals surface area contributed by atoms with Crippen LogP contribution in [0.2, 0.25) is 0 Å². The summed E-state index contributed by atoms with van der Waals surface area (Å²) in [6.07, 6.45) is 0. The summed E-state index contributed by atoms with van der Waals surface area (Å²) in [5.74, 6) is 1.16. The molecule has 0 radical (unpaired) electrons. The number of nitrogens with zero attached hydrogens (tertiary/aromatic N) is 5. The summed E-state index contributed by atoms with van der Waals surface area (Å²) >= 11 is 0. The molecule has 134 valence electrons. The fraction of sp³-hybridized carbons (Fsp3) is 0.350. The molecule has 26 heavy (non-hydrogen) atoms. The number of aromatic nitrogens is 3. The Kier molecular flexibility index (Phi) is 4.11. The molecule has 3 heterocycles. The summed E-state index contributed by atoms with van der Waals surface area (Å²) < 4.78 is 1.94. The largest absolute Gasteiger partial charge is 0.353 e. The van der Waals surface area contributed by atoms with Gasteiger partial charge in [0.25, 0.3) is 5.91 Å². The van der Waals surface area contributed by atoms with E-state index in [9.17, 15) is 4.79 Å². The quantitative estimate of drug-likeness (QED) is 0.714. The maximum absolute atomic E-state index is 12.6. The molecule has 1 saturated heterocycles. The number of amides is 1. The number of benzene rings is 1. The Labute approximate surface area is 153 Å². The Balaban J connectivity index is 1.56. The fourth-order valence-electron chi connectivity index (χ4n) is 3.46. The van der Waals surface area contributed by atoms with Gasteiger partial charge in [-0.3, -0.25) is 4.79 Å². The molecular weight excluding hydrogens is 326 g/mol. The molecule has 0 unspecified atom stereocenters. The van der Waals surface area contributed by atoms with Gasteiger partial charge >= 0.3 is 0 Å². The van der Waals surface area contributed by atoms with Crippen molar-refractivity contribution in [3.63, 3.8) is 0 Å². The predicted octanol–water partition coefficient (Wildman–Crippen LogP) is 2.62. The molecule has 1 fully saturated rings. The van der Waals surface area contributed by atoms with E-state index >= 15 is 0 Å². The molecule has 0 atom stereocenters. The van der Waals surface area contributed by atoms with Crippen molar-refractivity contribution in [1.29, 1.82) is 0 Å². The van der Waals surface area contributed by atoms with Gasteiger partial charge in [-0.2, -0.15) is 9.61 Å². The molecule has 0 N–H and O–H groups in total. The van der Waals surface area contributed by atoms with E-state index < -0.39 is 0 Å². The lowest BCUT2D eigenvalue weighted by molar-refractivity contribution is 0.0746. The third-order valence-electron chi connectivity index (χ3n) is 5.08. The second-order valence-electron chi connectivity index (χ2n) is 6.85. The summed E-state index contributed by atoms with van der Waals surface area (Å²) in [5.41, 5.74) is 4.77. The van der Waals surface area contributed by atoms with Crippen LogP contribution in [0.15, 0.2) is 36.4 Å². The van der Waals surface area contributed by atoms with E-state index in [1.54, 1.807) is 0 Å². The van der Waals surface area contributed by atoms with Crippen molar-refractivity contribution in [2.75, 3.05) is 31.1 Å². The lowest BCUT2D eigenvalue weighted by Crippen LogP contribution is -2.49. The van der Waals surface area contributed by atoms with Crippen LogP contribution in [0.4, 0.5) is 5.82 Å². The topological polar surface area (TPSA) is 53.7 Å². The molecule has 1 aromatic carbocycles. The molecule has 4 rings (SSSR count). The van der Waals surface area contributed by atoms with Crippen LogP contribution in [0, 0.1) is 20.8 Å². The van der Waals surface area contributed by atoms with E-state index in [1.165, 1.54) is 0 Å². The molecule has 3 aromatic rings. The van der Waals surface area contributed by atoms with E-state index in [0.29, 0.717) is 13.1 Å². The number of anilines is 1. The molecule has 0 spiro atoms. The van der Waals surface area contributed by atoms with Crippen molar-refractivity contribution in [3.8, 4) is 0 Å². The van der Waals surface area contributed by atoms with Crippen LogP contribution in [-0.4, -0.2) is 51.6 Å². The first-order chi connectivity index (χ1) is 12.5. The van der Waals surface area contributed by atoms with Crippen molar-refractivity contribution >= 4 is 17.4 Å². The molecule has 0 aliphatic carbocycles. The Morgan fingerprint density at radius 3 is 2.38 bits per heavy atom. The van der Waals surface area contributed by atoms with E-state index in [0.717, 1.165) is 47.1 Å². The van der Waals surface area contributed by atoms with E-state index in [1.807, 2.05) is 53.6 Å². The number of piperazine rings is 1.